The van der Waals surface area contributed by atoms with Crippen LogP contribution in [0.5, 0.6) is 0 Å². The number of thiophene rings is 1. The number of carbonyl (C=O) groups excluding carboxylic acids is 1. The first kappa shape index (κ1) is 16.0. The van der Waals surface area contributed by atoms with Crippen LogP contribution in [0.15, 0.2) is 12.1 Å². The summed E-state index contributed by atoms with van der Waals surface area (Å²) in [4.78, 5) is 15.9. The lowest BCUT2D eigenvalue weighted by Gasteiger charge is -2.31. The van der Waals surface area contributed by atoms with Gasteiger partial charge in [0.2, 0.25) is 5.91 Å². The van der Waals surface area contributed by atoms with E-state index in [4.69, 9.17) is 5.11 Å². The second kappa shape index (κ2) is 8.18. The smallest absolute Gasteiger partial charge is 0.217 e. The Balaban J connectivity index is 1.79. The summed E-state index contributed by atoms with van der Waals surface area (Å²) in [6.07, 6.45) is 2.58. The first-order valence-corrected chi connectivity index (χ1v) is 8.17. The Morgan fingerprint density at radius 2 is 2.24 bits per heavy atom. The summed E-state index contributed by atoms with van der Waals surface area (Å²) in [5, 5.41) is 11.7. The molecule has 1 aromatic rings. The second-order valence-corrected chi connectivity index (χ2v) is 6.46. The molecule has 1 amide bonds. The van der Waals surface area contributed by atoms with Crippen LogP contribution >= 0.6 is 11.3 Å². The molecule has 1 saturated heterocycles. The SMILES string of the molecule is CC(=O)NC1CCN(Cc2ccc(C#CCCO)s2)CC1. The molecule has 114 valence electrons. The highest BCUT2D eigenvalue weighted by molar-refractivity contribution is 7.12. The maximum atomic E-state index is 11.0. The summed E-state index contributed by atoms with van der Waals surface area (Å²) >= 11 is 1.72. The molecule has 1 fully saturated rings. The summed E-state index contributed by atoms with van der Waals surface area (Å²) in [5.74, 6) is 6.09. The van der Waals surface area contributed by atoms with Gasteiger partial charge in [0.1, 0.15) is 0 Å². The average Bonchev–Trinajstić information content (AvgIpc) is 2.88. The van der Waals surface area contributed by atoms with Gasteiger partial charge < -0.3 is 10.4 Å². The molecule has 0 bridgehead atoms. The predicted molar refractivity (Wildman–Crippen MR) is 85.0 cm³/mol. The van der Waals surface area contributed by atoms with Crippen LogP contribution in [-0.4, -0.2) is 41.7 Å². The highest BCUT2D eigenvalue weighted by Crippen LogP contribution is 2.20. The third kappa shape index (κ3) is 5.50. The normalized spacial score (nSPS) is 16.3. The number of nitrogens with one attached hydrogen (secondary N) is 1. The van der Waals surface area contributed by atoms with E-state index in [-0.39, 0.29) is 12.5 Å². The first-order chi connectivity index (χ1) is 10.2. The van der Waals surface area contributed by atoms with E-state index in [0.29, 0.717) is 12.5 Å². The fourth-order valence-corrected chi connectivity index (χ4v) is 3.40. The van der Waals surface area contributed by atoms with Gasteiger partial charge in [-0.3, -0.25) is 9.69 Å². The fraction of sp³-hybridized carbons (Fsp3) is 0.562. The maximum Gasteiger partial charge on any atom is 0.217 e. The van der Waals surface area contributed by atoms with Crippen molar-refractivity contribution in [3.8, 4) is 11.8 Å². The summed E-state index contributed by atoms with van der Waals surface area (Å²) < 4.78 is 0. The summed E-state index contributed by atoms with van der Waals surface area (Å²) in [5.41, 5.74) is 0. The minimum absolute atomic E-state index is 0.0674. The van der Waals surface area contributed by atoms with Crippen LogP contribution < -0.4 is 5.32 Å². The number of piperidine rings is 1. The Hall–Kier alpha value is -1.35. The number of hydrogen-bond acceptors (Lipinski definition) is 4. The highest BCUT2D eigenvalue weighted by atomic mass is 32.1. The largest absolute Gasteiger partial charge is 0.395 e. The van der Waals surface area contributed by atoms with E-state index in [2.05, 4.69) is 34.2 Å². The van der Waals surface area contributed by atoms with Crippen molar-refractivity contribution in [1.29, 1.82) is 0 Å². The van der Waals surface area contributed by atoms with Gasteiger partial charge in [-0.1, -0.05) is 11.8 Å². The lowest BCUT2D eigenvalue weighted by atomic mass is 10.1. The number of aliphatic hydroxyl groups is 1. The van der Waals surface area contributed by atoms with Crippen molar-refractivity contribution in [2.45, 2.75) is 38.8 Å². The molecule has 0 radical (unpaired) electrons. The maximum absolute atomic E-state index is 11.0. The van der Waals surface area contributed by atoms with Gasteiger partial charge in [0.25, 0.3) is 0 Å². The molecule has 5 heteroatoms. The topological polar surface area (TPSA) is 52.6 Å². The molecule has 1 aliphatic heterocycles. The Morgan fingerprint density at radius 1 is 1.48 bits per heavy atom. The molecule has 1 aliphatic rings. The Bertz CT molecular complexity index is 522. The van der Waals surface area contributed by atoms with E-state index in [1.54, 1.807) is 18.3 Å². The number of rotatable bonds is 4. The van der Waals surface area contributed by atoms with E-state index < -0.39 is 0 Å². The van der Waals surface area contributed by atoms with Gasteiger partial charge in [0.15, 0.2) is 0 Å². The van der Waals surface area contributed by atoms with Crippen LogP contribution in [0.1, 0.15) is 35.9 Å². The standard InChI is InChI=1S/C16H22N2O2S/c1-13(20)17-14-7-9-18(10-8-14)12-16-6-5-15(21-16)4-2-3-11-19/h5-6,14,19H,3,7-12H2,1H3,(H,17,20). The van der Waals surface area contributed by atoms with Crippen molar-refractivity contribution in [3.63, 3.8) is 0 Å². The lowest BCUT2D eigenvalue weighted by Crippen LogP contribution is -2.43. The monoisotopic (exact) mass is 306 g/mol. The molecule has 2 N–H and O–H groups in total. The van der Waals surface area contributed by atoms with E-state index in [1.165, 1.54) is 4.88 Å². The Kier molecular flexibility index (Phi) is 6.24. The molecule has 0 unspecified atom stereocenters. The van der Waals surface area contributed by atoms with Crippen molar-refractivity contribution in [1.82, 2.24) is 10.2 Å². The number of amides is 1. The van der Waals surface area contributed by atoms with Crippen LogP contribution in [0, 0.1) is 11.8 Å². The summed E-state index contributed by atoms with van der Waals surface area (Å²) in [7, 11) is 0. The van der Waals surface area contributed by atoms with Crippen molar-refractivity contribution in [3.05, 3.63) is 21.9 Å². The number of aliphatic hydroxyl groups excluding tert-OH is 1. The molecule has 2 rings (SSSR count). The van der Waals surface area contributed by atoms with Gasteiger partial charge in [-0.05, 0) is 25.0 Å². The second-order valence-electron chi connectivity index (χ2n) is 5.29. The Labute approximate surface area is 130 Å². The van der Waals surface area contributed by atoms with Gasteiger partial charge in [0, 0.05) is 43.9 Å². The minimum atomic E-state index is 0.0674. The van der Waals surface area contributed by atoms with Crippen LogP contribution in [0.4, 0.5) is 0 Å². The molecule has 2 heterocycles. The van der Waals surface area contributed by atoms with Crippen molar-refractivity contribution in [2.24, 2.45) is 0 Å². The van der Waals surface area contributed by atoms with Gasteiger partial charge in [0.05, 0.1) is 11.5 Å². The molecule has 1 aromatic heterocycles. The van der Waals surface area contributed by atoms with Crippen LogP contribution in [0.2, 0.25) is 0 Å². The van der Waals surface area contributed by atoms with E-state index in [1.807, 2.05) is 0 Å². The van der Waals surface area contributed by atoms with Crippen LogP contribution in [-0.2, 0) is 11.3 Å². The number of likely N-dealkylation sites (tertiary alicyclic amines) is 1. The molecule has 0 spiro atoms. The number of carbonyl (C=O) groups is 1. The average molecular weight is 306 g/mol. The Morgan fingerprint density at radius 3 is 2.90 bits per heavy atom. The predicted octanol–water partition coefficient (Wildman–Crippen LogP) is 1.58. The first-order valence-electron chi connectivity index (χ1n) is 7.35. The molecule has 0 aromatic carbocycles. The lowest BCUT2D eigenvalue weighted by molar-refractivity contribution is -0.119. The van der Waals surface area contributed by atoms with Crippen LogP contribution in [0.25, 0.3) is 0 Å². The van der Waals surface area contributed by atoms with E-state index >= 15 is 0 Å². The van der Waals surface area contributed by atoms with Gasteiger partial charge in [-0.15, -0.1) is 11.3 Å². The van der Waals surface area contributed by atoms with Crippen molar-refractivity contribution < 1.29 is 9.90 Å². The molecular formula is C16H22N2O2S. The molecule has 4 nitrogen and oxygen atoms in total. The quantitative estimate of drug-likeness (QED) is 0.831. The third-order valence-corrected chi connectivity index (χ3v) is 4.47. The van der Waals surface area contributed by atoms with E-state index in [9.17, 15) is 4.79 Å². The minimum Gasteiger partial charge on any atom is -0.395 e. The number of nitrogens with zero attached hydrogens (tertiary/aromatic N) is 1. The highest BCUT2D eigenvalue weighted by Gasteiger charge is 2.19. The van der Waals surface area contributed by atoms with Crippen molar-refractivity contribution in [2.75, 3.05) is 19.7 Å². The fourth-order valence-electron chi connectivity index (χ4n) is 2.48. The van der Waals surface area contributed by atoms with E-state index in [0.717, 1.165) is 37.4 Å². The molecule has 21 heavy (non-hydrogen) atoms. The number of hydrogen-bond donors (Lipinski definition) is 2. The van der Waals surface area contributed by atoms with Crippen molar-refractivity contribution >= 4 is 17.2 Å². The summed E-state index contributed by atoms with van der Waals surface area (Å²) in [6.45, 7) is 4.70. The van der Waals surface area contributed by atoms with Gasteiger partial charge >= 0.3 is 0 Å². The van der Waals surface area contributed by atoms with Gasteiger partial charge in [-0.25, -0.2) is 0 Å². The molecule has 0 saturated carbocycles. The molecule has 0 aliphatic carbocycles. The zero-order valence-corrected chi connectivity index (χ0v) is 13.2. The third-order valence-electron chi connectivity index (χ3n) is 3.48. The zero-order valence-electron chi connectivity index (χ0n) is 12.4. The summed E-state index contributed by atoms with van der Waals surface area (Å²) in [6, 6.07) is 4.52. The zero-order chi connectivity index (χ0) is 15.1. The van der Waals surface area contributed by atoms with Gasteiger partial charge in [-0.2, -0.15) is 0 Å². The van der Waals surface area contributed by atoms with Crippen LogP contribution in [0.3, 0.4) is 0 Å². The molecular weight excluding hydrogens is 284 g/mol. The molecule has 0 atom stereocenters.